The second-order valence-electron chi connectivity index (χ2n) is 6.89. The van der Waals surface area contributed by atoms with E-state index in [0.717, 1.165) is 4.90 Å². The molecule has 2 heterocycles. The first-order valence-corrected chi connectivity index (χ1v) is 9.48. The van der Waals surface area contributed by atoms with Gasteiger partial charge in [-0.1, -0.05) is 16.8 Å². The van der Waals surface area contributed by atoms with Crippen LogP contribution in [0.15, 0.2) is 41.6 Å². The lowest BCUT2D eigenvalue weighted by atomic mass is 9.92. The molecule has 0 saturated carbocycles. The molecule has 4 rings (SSSR count). The largest absolute Gasteiger partial charge is 0.497 e. The molecule has 1 saturated heterocycles. The van der Waals surface area contributed by atoms with Crippen LogP contribution >= 0.6 is 11.6 Å². The van der Waals surface area contributed by atoms with Crippen molar-refractivity contribution in [1.82, 2.24) is 0 Å². The van der Waals surface area contributed by atoms with Gasteiger partial charge in [-0.25, -0.2) is 4.90 Å². The molecular formula is C21H19ClN2O6. The van der Waals surface area contributed by atoms with Crippen molar-refractivity contribution in [3.8, 4) is 17.2 Å². The van der Waals surface area contributed by atoms with Crippen LogP contribution in [0.1, 0.15) is 18.4 Å². The van der Waals surface area contributed by atoms with Crippen molar-refractivity contribution in [3.63, 3.8) is 0 Å². The topological polar surface area (TPSA) is 86.7 Å². The van der Waals surface area contributed by atoms with Gasteiger partial charge in [0.1, 0.15) is 17.2 Å². The minimum Gasteiger partial charge on any atom is -0.497 e. The fourth-order valence-corrected chi connectivity index (χ4v) is 3.83. The number of halogens is 1. The second kappa shape index (κ2) is 7.53. The van der Waals surface area contributed by atoms with Crippen LogP contribution in [0.2, 0.25) is 5.02 Å². The van der Waals surface area contributed by atoms with Crippen molar-refractivity contribution in [2.24, 2.45) is 5.16 Å². The number of hydrogen-bond acceptors (Lipinski definition) is 7. The maximum atomic E-state index is 13.3. The summed E-state index contributed by atoms with van der Waals surface area (Å²) in [5.74, 6) is 0.571. The molecule has 1 fully saturated rings. The molecule has 0 radical (unpaired) electrons. The number of rotatable bonds is 5. The van der Waals surface area contributed by atoms with Gasteiger partial charge in [0.05, 0.1) is 39.1 Å². The summed E-state index contributed by atoms with van der Waals surface area (Å²) >= 11 is 6.08. The van der Waals surface area contributed by atoms with E-state index >= 15 is 0 Å². The van der Waals surface area contributed by atoms with Gasteiger partial charge in [-0.05, 0) is 30.3 Å². The highest BCUT2D eigenvalue weighted by Crippen LogP contribution is 2.43. The zero-order valence-electron chi connectivity index (χ0n) is 16.6. The highest BCUT2D eigenvalue weighted by molar-refractivity contribution is 6.32. The minimum atomic E-state index is -1.41. The van der Waals surface area contributed by atoms with Gasteiger partial charge in [0.2, 0.25) is 11.5 Å². The lowest BCUT2D eigenvalue weighted by Gasteiger charge is -2.21. The van der Waals surface area contributed by atoms with Gasteiger partial charge in [0, 0.05) is 23.1 Å². The standard InChI is InChI=1S/C21H19ClN2O6/c1-27-13-5-6-14(18(9-13)29-3)15-10-21(30-23-15)11-19(25)24(20(21)26)16-8-12(22)4-7-17(16)28-2/h4-9H,10-11H2,1-3H3. The van der Waals surface area contributed by atoms with Gasteiger partial charge in [-0.2, -0.15) is 0 Å². The maximum Gasteiger partial charge on any atom is 0.281 e. The number of ether oxygens (including phenoxy) is 3. The average Bonchev–Trinajstić information content (AvgIpc) is 3.28. The van der Waals surface area contributed by atoms with E-state index in [1.807, 2.05) is 0 Å². The smallest absolute Gasteiger partial charge is 0.281 e. The van der Waals surface area contributed by atoms with Crippen LogP contribution in [0.3, 0.4) is 0 Å². The molecule has 0 N–H and O–H groups in total. The number of methoxy groups -OCH3 is 3. The van der Waals surface area contributed by atoms with Crippen molar-refractivity contribution in [3.05, 3.63) is 47.0 Å². The monoisotopic (exact) mass is 430 g/mol. The van der Waals surface area contributed by atoms with Crippen molar-refractivity contribution < 1.29 is 28.6 Å². The van der Waals surface area contributed by atoms with Crippen LogP contribution in [0.4, 0.5) is 5.69 Å². The Morgan fingerprint density at radius 1 is 1.00 bits per heavy atom. The van der Waals surface area contributed by atoms with E-state index in [0.29, 0.717) is 33.5 Å². The summed E-state index contributed by atoms with van der Waals surface area (Å²) in [6.45, 7) is 0. The number of oxime groups is 1. The molecule has 0 aliphatic carbocycles. The van der Waals surface area contributed by atoms with Gasteiger partial charge >= 0.3 is 0 Å². The molecule has 0 aromatic heterocycles. The molecule has 2 aromatic carbocycles. The number of amides is 2. The van der Waals surface area contributed by atoms with E-state index in [1.165, 1.54) is 20.3 Å². The summed E-state index contributed by atoms with van der Waals surface area (Å²) in [7, 11) is 4.54. The normalized spacial score (nSPS) is 20.4. The Bertz CT molecular complexity index is 1070. The second-order valence-corrected chi connectivity index (χ2v) is 7.33. The van der Waals surface area contributed by atoms with Crippen LogP contribution in [-0.4, -0.2) is 44.5 Å². The number of carbonyl (C=O) groups excluding carboxylic acids is 2. The SMILES string of the molecule is COc1ccc(C2=NOC3(CC(=O)N(c4cc(Cl)ccc4OC)C3=O)C2)c(OC)c1. The molecule has 1 atom stereocenters. The molecule has 1 unspecified atom stereocenters. The van der Waals surface area contributed by atoms with Gasteiger partial charge in [0.25, 0.3) is 5.91 Å². The van der Waals surface area contributed by atoms with Gasteiger partial charge in [-0.3, -0.25) is 9.59 Å². The first-order chi connectivity index (χ1) is 14.4. The van der Waals surface area contributed by atoms with Crippen molar-refractivity contribution in [2.45, 2.75) is 18.4 Å². The van der Waals surface area contributed by atoms with E-state index in [9.17, 15) is 9.59 Å². The predicted octanol–water partition coefficient (Wildman–Crippen LogP) is 3.19. The van der Waals surface area contributed by atoms with Crippen LogP contribution in [0.5, 0.6) is 17.2 Å². The van der Waals surface area contributed by atoms with Gasteiger partial charge in [0.15, 0.2) is 0 Å². The zero-order valence-corrected chi connectivity index (χ0v) is 17.4. The number of carbonyl (C=O) groups is 2. The molecule has 1 spiro atoms. The molecule has 2 aliphatic heterocycles. The van der Waals surface area contributed by atoms with Crippen LogP contribution < -0.4 is 19.1 Å². The summed E-state index contributed by atoms with van der Waals surface area (Å²) in [6, 6.07) is 9.98. The fourth-order valence-electron chi connectivity index (χ4n) is 3.67. The van der Waals surface area contributed by atoms with E-state index in [2.05, 4.69) is 5.16 Å². The molecule has 2 aliphatic rings. The Kier molecular flexibility index (Phi) is 5.03. The van der Waals surface area contributed by atoms with Gasteiger partial charge in [-0.15, -0.1) is 0 Å². The molecule has 2 aromatic rings. The third-order valence-corrected chi connectivity index (χ3v) is 5.40. The Labute approximate surface area is 177 Å². The minimum absolute atomic E-state index is 0.125. The third kappa shape index (κ3) is 3.13. The quantitative estimate of drug-likeness (QED) is 0.677. The van der Waals surface area contributed by atoms with Gasteiger partial charge < -0.3 is 19.0 Å². The van der Waals surface area contributed by atoms with Crippen LogP contribution in [0.25, 0.3) is 0 Å². The highest BCUT2D eigenvalue weighted by atomic mass is 35.5. The molecule has 8 nitrogen and oxygen atoms in total. The molecular weight excluding hydrogens is 412 g/mol. The molecule has 0 bridgehead atoms. The van der Waals surface area contributed by atoms with Crippen molar-refractivity contribution >= 4 is 34.8 Å². The van der Waals surface area contributed by atoms with Crippen molar-refractivity contribution in [2.75, 3.05) is 26.2 Å². The molecule has 9 heteroatoms. The van der Waals surface area contributed by atoms with Crippen LogP contribution in [0, 0.1) is 0 Å². The number of nitrogens with zero attached hydrogens (tertiary/aromatic N) is 2. The third-order valence-electron chi connectivity index (χ3n) is 5.16. The summed E-state index contributed by atoms with van der Waals surface area (Å²) < 4.78 is 15.9. The Morgan fingerprint density at radius 3 is 2.47 bits per heavy atom. The molecule has 30 heavy (non-hydrogen) atoms. The summed E-state index contributed by atoms with van der Waals surface area (Å²) in [5.41, 5.74) is 0.0331. The number of benzene rings is 2. The Morgan fingerprint density at radius 2 is 1.77 bits per heavy atom. The first-order valence-electron chi connectivity index (χ1n) is 9.11. The molecule has 2 amide bonds. The van der Waals surface area contributed by atoms with E-state index in [-0.39, 0.29) is 18.5 Å². The predicted molar refractivity (Wildman–Crippen MR) is 110 cm³/mol. The zero-order chi connectivity index (χ0) is 21.5. The number of hydrogen-bond donors (Lipinski definition) is 0. The lowest BCUT2D eigenvalue weighted by molar-refractivity contribution is -0.136. The Balaban J connectivity index is 1.65. The number of anilines is 1. The van der Waals surface area contributed by atoms with Crippen LogP contribution in [-0.2, 0) is 14.4 Å². The lowest BCUT2D eigenvalue weighted by Crippen LogP contribution is -2.41. The number of imide groups is 1. The average molecular weight is 431 g/mol. The van der Waals surface area contributed by atoms with E-state index in [4.69, 9.17) is 30.6 Å². The maximum absolute atomic E-state index is 13.3. The van der Waals surface area contributed by atoms with E-state index < -0.39 is 17.4 Å². The summed E-state index contributed by atoms with van der Waals surface area (Å²) in [6.07, 6.45) is -0.0212. The fraction of sp³-hybridized carbons (Fsp3) is 0.286. The first kappa shape index (κ1) is 20.0. The summed E-state index contributed by atoms with van der Waals surface area (Å²) in [5, 5.41) is 4.49. The summed E-state index contributed by atoms with van der Waals surface area (Å²) in [4.78, 5) is 32.7. The molecule has 156 valence electrons. The highest BCUT2D eigenvalue weighted by Gasteiger charge is 2.58. The van der Waals surface area contributed by atoms with E-state index in [1.54, 1.807) is 37.4 Å². The van der Waals surface area contributed by atoms with Crippen molar-refractivity contribution in [1.29, 1.82) is 0 Å². The Hall–Kier alpha value is -3.26.